The second-order valence-corrected chi connectivity index (χ2v) is 4.81. The van der Waals surface area contributed by atoms with Gasteiger partial charge in [0.1, 0.15) is 12.1 Å². The summed E-state index contributed by atoms with van der Waals surface area (Å²) in [5.74, 6) is -0.507. The summed E-state index contributed by atoms with van der Waals surface area (Å²) >= 11 is 0. The summed E-state index contributed by atoms with van der Waals surface area (Å²) in [5, 5.41) is 0. The van der Waals surface area contributed by atoms with Gasteiger partial charge in [0.25, 0.3) is 0 Å². The number of amides is 2. The lowest BCUT2D eigenvalue weighted by Crippen LogP contribution is -2.42. The molecule has 1 fully saturated rings. The van der Waals surface area contributed by atoms with Gasteiger partial charge in [0, 0.05) is 6.04 Å². The van der Waals surface area contributed by atoms with Gasteiger partial charge in [-0.05, 0) is 33.6 Å². The highest BCUT2D eigenvalue weighted by Crippen LogP contribution is 2.27. The Morgan fingerprint density at radius 2 is 1.93 bits per heavy atom. The van der Waals surface area contributed by atoms with Crippen LogP contribution in [-0.2, 0) is 9.53 Å². The summed E-state index contributed by atoms with van der Waals surface area (Å²) in [6, 6.07) is 0.132. The molecule has 0 bridgehead atoms. The fourth-order valence-corrected chi connectivity index (χ4v) is 1.22. The zero-order valence-corrected chi connectivity index (χ0v) is 9.45. The highest BCUT2D eigenvalue weighted by Gasteiger charge is 2.35. The van der Waals surface area contributed by atoms with Gasteiger partial charge in [0.05, 0.1) is 0 Å². The van der Waals surface area contributed by atoms with Crippen molar-refractivity contribution in [1.29, 1.82) is 0 Å². The predicted octanol–water partition coefficient (Wildman–Crippen LogP) is 0.871. The van der Waals surface area contributed by atoms with Crippen LogP contribution in [0.1, 0.15) is 33.6 Å². The first-order valence-corrected chi connectivity index (χ1v) is 5.07. The van der Waals surface area contributed by atoms with E-state index in [2.05, 4.69) is 0 Å². The van der Waals surface area contributed by atoms with E-state index in [9.17, 15) is 9.59 Å². The Morgan fingerprint density at radius 3 is 2.27 bits per heavy atom. The van der Waals surface area contributed by atoms with E-state index in [0.29, 0.717) is 0 Å². The second kappa shape index (κ2) is 4.08. The van der Waals surface area contributed by atoms with E-state index >= 15 is 0 Å². The lowest BCUT2D eigenvalue weighted by Gasteiger charge is -2.26. The molecule has 0 aliphatic heterocycles. The van der Waals surface area contributed by atoms with Gasteiger partial charge in [-0.25, -0.2) is 4.79 Å². The normalized spacial score (nSPS) is 15.9. The molecule has 1 aliphatic rings. The molecule has 0 atom stereocenters. The van der Waals surface area contributed by atoms with Crippen molar-refractivity contribution in [1.82, 2.24) is 4.90 Å². The van der Waals surface area contributed by atoms with E-state index in [-0.39, 0.29) is 12.6 Å². The van der Waals surface area contributed by atoms with E-state index < -0.39 is 17.6 Å². The maximum absolute atomic E-state index is 11.7. The summed E-state index contributed by atoms with van der Waals surface area (Å²) in [6.45, 7) is 5.32. The summed E-state index contributed by atoms with van der Waals surface area (Å²) in [7, 11) is 0. The van der Waals surface area contributed by atoms with E-state index in [1.54, 1.807) is 20.8 Å². The van der Waals surface area contributed by atoms with Crippen LogP contribution in [0.25, 0.3) is 0 Å². The van der Waals surface area contributed by atoms with Gasteiger partial charge in [-0.1, -0.05) is 0 Å². The van der Waals surface area contributed by atoms with Gasteiger partial charge in [-0.3, -0.25) is 9.69 Å². The molecular weight excluding hydrogens is 196 g/mol. The summed E-state index contributed by atoms with van der Waals surface area (Å²) < 4.78 is 5.18. The molecule has 2 N–H and O–H groups in total. The molecule has 86 valence electrons. The molecule has 1 rings (SSSR count). The van der Waals surface area contributed by atoms with E-state index in [0.717, 1.165) is 12.8 Å². The quantitative estimate of drug-likeness (QED) is 0.757. The fourth-order valence-electron chi connectivity index (χ4n) is 1.22. The van der Waals surface area contributed by atoms with Gasteiger partial charge >= 0.3 is 6.09 Å². The van der Waals surface area contributed by atoms with Crippen molar-refractivity contribution in [2.24, 2.45) is 5.73 Å². The maximum Gasteiger partial charge on any atom is 0.411 e. The van der Waals surface area contributed by atoms with Crippen molar-refractivity contribution < 1.29 is 14.3 Å². The van der Waals surface area contributed by atoms with Gasteiger partial charge in [-0.15, -0.1) is 0 Å². The van der Waals surface area contributed by atoms with Crippen molar-refractivity contribution in [2.45, 2.75) is 45.3 Å². The monoisotopic (exact) mass is 214 g/mol. The summed E-state index contributed by atoms with van der Waals surface area (Å²) in [6.07, 6.45) is 1.39. The molecule has 0 aromatic carbocycles. The molecule has 0 spiro atoms. The largest absolute Gasteiger partial charge is 0.444 e. The minimum atomic E-state index is -0.540. The van der Waals surface area contributed by atoms with E-state index in [1.165, 1.54) is 4.90 Å². The van der Waals surface area contributed by atoms with Crippen LogP contribution in [0.5, 0.6) is 0 Å². The van der Waals surface area contributed by atoms with Crippen LogP contribution in [0.3, 0.4) is 0 Å². The molecule has 5 nitrogen and oxygen atoms in total. The predicted molar refractivity (Wildman–Crippen MR) is 55.2 cm³/mol. The molecule has 1 aliphatic carbocycles. The Hall–Kier alpha value is -1.26. The van der Waals surface area contributed by atoms with Crippen LogP contribution < -0.4 is 5.73 Å². The summed E-state index contributed by atoms with van der Waals surface area (Å²) in [4.78, 5) is 23.9. The highest BCUT2D eigenvalue weighted by molar-refractivity contribution is 5.81. The molecule has 1 saturated carbocycles. The van der Waals surface area contributed by atoms with Crippen molar-refractivity contribution in [3.05, 3.63) is 0 Å². The summed E-state index contributed by atoms with van der Waals surface area (Å²) in [5.41, 5.74) is 4.53. The number of carbonyl (C=O) groups excluding carboxylic acids is 2. The Kier molecular flexibility index (Phi) is 3.21. The topological polar surface area (TPSA) is 72.6 Å². The number of nitrogens with zero attached hydrogens (tertiary/aromatic N) is 1. The van der Waals surface area contributed by atoms with Crippen LogP contribution in [0.2, 0.25) is 0 Å². The average Bonchev–Trinajstić information content (AvgIpc) is 2.78. The SMILES string of the molecule is CC(C)(C)OC(=O)N(CC(N)=O)C1CC1. The van der Waals surface area contributed by atoms with Crippen LogP contribution in [0.15, 0.2) is 0 Å². The third kappa shape index (κ3) is 4.18. The number of rotatable bonds is 3. The van der Waals surface area contributed by atoms with Crippen molar-refractivity contribution in [3.63, 3.8) is 0 Å². The number of ether oxygens (including phenoxy) is 1. The molecule has 2 amide bonds. The Bertz CT molecular complexity index is 266. The molecular formula is C10H18N2O3. The van der Waals surface area contributed by atoms with Crippen LogP contribution in [-0.4, -0.2) is 35.1 Å². The third-order valence-corrected chi connectivity index (χ3v) is 1.94. The van der Waals surface area contributed by atoms with Gasteiger partial charge in [0.15, 0.2) is 0 Å². The molecule has 0 radical (unpaired) electrons. The number of primary amides is 1. The first-order chi connectivity index (χ1) is 6.79. The van der Waals surface area contributed by atoms with Crippen molar-refractivity contribution in [2.75, 3.05) is 6.54 Å². The average molecular weight is 214 g/mol. The zero-order chi connectivity index (χ0) is 11.6. The Labute approximate surface area is 89.6 Å². The zero-order valence-electron chi connectivity index (χ0n) is 9.45. The van der Waals surface area contributed by atoms with E-state index in [1.807, 2.05) is 0 Å². The molecule has 0 aromatic rings. The Balaban J connectivity index is 2.55. The van der Waals surface area contributed by atoms with Crippen LogP contribution >= 0.6 is 0 Å². The Morgan fingerprint density at radius 1 is 1.40 bits per heavy atom. The van der Waals surface area contributed by atoms with Crippen molar-refractivity contribution >= 4 is 12.0 Å². The van der Waals surface area contributed by atoms with Gasteiger partial charge in [-0.2, -0.15) is 0 Å². The molecule has 0 aromatic heterocycles. The minimum Gasteiger partial charge on any atom is -0.444 e. The van der Waals surface area contributed by atoms with Gasteiger partial charge in [0.2, 0.25) is 5.91 Å². The lowest BCUT2D eigenvalue weighted by molar-refractivity contribution is -0.119. The minimum absolute atomic E-state index is 0.0560. The molecule has 0 heterocycles. The first kappa shape index (κ1) is 11.8. The van der Waals surface area contributed by atoms with Crippen LogP contribution in [0.4, 0.5) is 4.79 Å². The molecule has 0 saturated heterocycles. The molecule has 5 heteroatoms. The number of hydrogen-bond donors (Lipinski definition) is 1. The standard InChI is InChI=1S/C10H18N2O3/c1-10(2,3)15-9(14)12(6-8(11)13)7-4-5-7/h7H,4-6H2,1-3H3,(H2,11,13). The number of nitrogens with two attached hydrogens (primary N) is 1. The smallest absolute Gasteiger partial charge is 0.411 e. The molecule has 0 unspecified atom stereocenters. The lowest BCUT2D eigenvalue weighted by atomic mass is 10.2. The maximum atomic E-state index is 11.7. The highest BCUT2D eigenvalue weighted by atomic mass is 16.6. The van der Waals surface area contributed by atoms with Gasteiger partial charge < -0.3 is 10.5 Å². The third-order valence-electron chi connectivity index (χ3n) is 1.94. The van der Waals surface area contributed by atoms with Crippen molar-refractivity contribution in [3.8, 4) is 0 Å². The fraction of sp³-hybridized carbons (Fsp3) is 0.800. The first-order valence-electron chi connectivity index (χ1n) is 5.07. The van der Waals surface area contributed by atoms with Crippen LogP contribution in [0, 0.1) is 0 Å². The number of hydrogen-bond acceptors (Lipinski definition) is 3. The molecule has 15 heavy (non-hydrogen) atoms. The number of carbonyl (C=O) groups is 2. The second-order valence-electron chi connectivity index (χ2n) is 4.81. The van der Waals surface area contributed by atoms with E-state index in [4.69, 9.17) is 10.5 Å².